The van der Waals surface area contributed by atoms with Crippen LogP contribution in [0, 0.1) is 0 Å². The van der Waals surface area contributed by atoms with Gasteiger partial charge in [-0.15, -0.1) is 0 Å². The van der Waals surface area contributed by atoms with Gasteiger partial charge in [0.15, 0.2) is 0 Å². The fourth-order valence-electron chi connectivity index (χ4n) is 1.66. The number of ether oxygens (including phenoxy) is 2. The van der Waals surface area contributed by atoms with E-state index in [1.54, 1.807) is 40.0 Å². The average molecular weight is 279 g/mol. The highest BCUT2D eigenvalue weighted by Gasteiger charge is 2.20. The van der Waals surface area contributed by atoms with Crippen LogP contribution in [0.5, 0.6) is 5.75 Å². The van der Waals surface area contributed by atoms with Gasteiger partial charge in [0.05, 0.1) is 13.2 Å². The van der Waals surface area contributed by atoms with E-state index in [4.69, 9.17) is 9.47 Å². The number of hydrogen-bond donors (Lipinski definition) is 1. The summed E-state index contributed by atoms with van der Waals surface area (Å²) in [5.41, 5.74) is 0.249. The van der Waals surface area contributed by atoms with Crippen LogP contribution in [-0.2, 0) is 9.53 Å². The molecular weight excluding hydrogens is 258 g/mol. The number of carbonyl (C=O) groups excluding carboxylic acids is 2. The molecule has 1 atom stereocenters. The summed E-state index contributed by atoms with van der Waals surface area (Å²) in [6.07, 6.45) is 0.415. The van der Waals surface area contributed by atoms with Crippen LogP contribution in [0.15, 0.2) is 24.3 Å². The van der Waals surface area contributed by atoms with Crippen molar-refractivity contribution < 1.29 is 19.1 Å². The molecule has 110 valence electrons. The summed E-state index contributed by atoms with van der Waals surface area (Å²) in [5.74, 6) is 0.718. The summed E-state index contributed by atoms with van der Waals surface area (Å²) in [4.78, 5) is 22.5. The largest absolute Gasteiger partial charge is 0.497 e. The molecule has 5 nitrogen and oxygen atoms in total. The van der Waals surface area contributed by atoms with Gasteiger partial charge in [0, 0.05) is 6.42 Å². The summed E-state index contributed by atoms with van der Waals surface area (Å²) in [5, 5.41) is 2.70. The zero-order valence-corrected chi connectivity index (χ0v) is 12.3. The molecular formula is C15H21NO4. The fraction of sp³-hybridized carbons (Fsp3) is 0.467. The Morgan fingerprint density at radius 2 is 1.90 bits per heavy atom. The van der Waals surface area contributed by atoms with Crippen LogP contribution in [0.1, 0.15) is 38.8 Å². The SMILES string of the molecule is COc1ccc(C(CC=O)NC(=O)OC(C)(C)C)cc1. The molecule has 0 saturated carbocycles. The maximum absolute atomic E-state index is 11.8. The monoisotopic (exact) mass is 279 g/mol. The smallest absolute Gasteiger partial charge is 0.408 e. The van der Waals surface area contributed by atoms with E-state index in [0.717, 1.165) is 17.6 Å². The van der Waals surface area contributed by atoms with Crippen LogP contribution >= 0.6 is 0 Å². The summed E-state index contributed by atoms with van der Waals surface area (Å²) in [6, 6.07) is 6.77. The van der Waals surface area contributed by atoms with Gasteiger partial charge in [-0.25, -0.2) is 4.79 Å². The second kappa shape index (κ2) is 6.93. The highest BCUT2D eigenvalue weighted by atomic mass is 16.6. The van der Waals surface area contributed by atoms with E-state index in [-0.39, 0.29) is 6.42 Å². The number of hydrogen-bond acceptors (Lipinski definition) is 4. The molecule has 0 radical (unpaired) electrons. The minimum Gasteiger partial charge on any atom is -0.497 e. The Morgan fingerprint density at radius 1 is 1.30 bits per heavy atom. The number of methoxy groups -OCH3 is 1. The predicted molar refractivity (Wildman–Crippen MR) is 75.8 cm³/mol. The molecule has 0 aliphatic carbocycles. The maximum atomic E-state index is 11.8. The first-order chi connectivity index (χ1) is 9.35. The molecule has 0 aliphatic rings. The number of amides is 1. The van der Waals surface area contributed by atoms with E-state index >= 15 is 0 Å². The minimum absolute atomic E-state index is 0.186. The van der Waals surface area contributed by atoms with Crippen molar-refractivity contribution in [2.24, 2.45) is 0 Å². The average Bonchev–Trinajstić information content (AvgIpc) is 2.36. The van der Waals surface area contributed by atoms with Gasteiger partial charge in [-0.2, -0.15) is 0 Å². The first kappa shape index (κ1) is 16.0. The van der Waals surface area contributed by atoms with Gasteiger partial charge in [0.25, 0.3) is 0 Å². The third-order valence-corrected chi connectivity index (χ3v) is 2.54. The second-order valence-corrected chi connectivity index (χ2v) is 5.37. The lowest BCUT2D eigenvalue weighted by Crippen LogP contribution is -2.35. The van der Waals surface area contributed by atoms with E-state index < -0.39 is 17.7 Å². The van der Waals surface area contributed by atoms with E-state index in [1.807, 2.05) is 12.1 Å². The molecule has 0 aromatic heterocycles. The van der Waals surface area contributed by atoms with E-state index in [0.29, 0.717) is 0 Å². The summed E-state index contributed by atoms with van der Waals surface area (Å²) >= 11 is 0. The number of aldehydes is 1. The molecule has 1 rings (SSSR count). The van der Waals surface area contributed by atoms with Gasteiger partial charge in [-0.3, -0.25) is 0 Å². The van der Waals surface area contributed by atoms with Gasteiger partial charge < -0.3 is 19.6 Å². The Labute approximate surface area is 119 Å². The van der Waals surface area contributed by atoms with Gasteiger partial charge in [0.2, 0.25) is 0 Å². The Bertz CT molecular complexity index is 448. The minimum atomic E-state index is -0.574. The van der Waals surface area contributed by atoms with Crippen molar-refractivity contribution in [1.29, 1.82) is 0 Å². The second-order valence-electron chi connectivity index (χ2n) is 5.37. The lowest BCUT2D eigenvalue weighted by atomic mass is 10.0. The molecule has 1 N–H and O–H groups in total. The molecule has 5 heteroatoms. The molecule has 0 heterocycles. The molecule has 1 amide bonds. The van der Waals surface area contributed by atoms with Crippen molar-refractivity contribution in [2.75, 3.05) is 7.11 Å². The Balaban J connectivity index is 2.77. The van der Waals surface area contributed by atoms with Gasteiger partial charge in [-0.05, 0) is 38.5 Å². The molecule has 1 aromatic carbocycles. The standard InChI is InChI=1S/C15H21NO4/c1-15(2,3)20-14(18)16-13(9-10-17)11-5-7-12(19-4)8-6-11/h5-8,10,13H,9H2,1-4H3,(H,16,18). The van der Waals surface area contributed by atoms with Crippen molar-refractivity contribution in [3.05, 3.63) is 29.8 Å². The quantitative estimate of drug-likeness (QED) is 0.842. The first-order valence-corrected chi connectivity index (χ1v) is 6.43. The van der Waals surface area contributed by atoms with Gasteiger partial charge >= 0.3 is 6.09 Å². The maximum Gasteiger partial charge on any atom is 0.408 e. The van der Waals surface area contributed by atoms with Crippen LogP contribution < -0.4 is 10.1 Å². The predicted octanol–water partition coefficient (Wildman–Crippen LogP) is 2.85. The Morgan fingerprint density at radius 3 is 2.35 bits per heavy atom. The first-order valence-electron chi connectivity index (χ1n) is 6.43. The summed E-state index contributed by atoms with van der Waals surface area (Å²) < 4.78 is 10.3. The van der Waals surface area contributed by atoms with Crippen LogP contribution in [0.3, 0.4) is 0 Å². The van der Waals surface area contributed by atoms with Crippen molar-refractivity contribution in [1.82, 2.24) is 5.32 Å². The lowest BCUT2D eigenvalue weighted by molar-refractivity contribution is -0.108. The molecule has 20 heavy (non-hydrogen) atoms. The number of alkyl carbamates (subject to hydrolysis) is 1. The van der Waals surface area contributed by atoms with Crippen LogP contribution in [0.25, 0.3) is 0 Å². The molecule has 0 saturated heterocycles. The highest BCUT2D eigenvalue weighted by molar-refractivity contribution is 5.69. The van der Waals surface area contributed by atoms with Crippen molar-refractivity contribution in [3.63, 3.8) is 0 Å². The third kappa shape index (κ3) is 5.30. The van der Waals surface area contributed by atoms with Gasteiger partial charge in [-0.1, -0.05) is 12.1 Å². The fourth-order valence-corrected chi connectivity index (χ4v) is 1.66. The normalized spacial score (nSPS) is 12.4. The van der Waals surface area contributed by atoms with Crippen molar-refractivity contribution in [3.8, 4) is 5.75 Å². The van der Waals surface area contributed by atoms with E-state index in [1.165, 1.54) is 0 Å². The number of benzene rings is 1. The van der Waals surface area contributed by atoms with E-state index in [2.05, 4.69) is 5.32 Å². The third-order valence-electron chi connectivity index (χ3n) is 2.54. The highest BCUT2D eigenvalue weighted by Crippen LogP contribution is 2.20. The number of carbonyl (C=O) groups is 2. The van der Waals surface area contributed by atoms with Crippen molar-refractivity contribution >= 4 is 12.4 Å². The molecule has 1 unspecified atom stereocenters. The zero-order valence-electron chi connectivity index (χ0n) is 12.3. The molecule has 0 bridgehead atoms. The lowest BCUT2D eigenvalue weighted by Gasteiger charge is -2.23. The van der Waals surface area contributed by atoms with Gasteiger partial charge in [0.1, 0.15) is 17.6 Å². The number of nitrogens with one attached hydrogen (secondary N) is 1. The topological polar surface area (TPSA) is 64.6 Å². The van der Waals surface area contributed by atoms with Crippen LogP contribution in [-0.4, -0.2) is 25.1 Å². The molecule has 1 aromatic rings. The summed E-state index contributed by atoms with van der Waals surface area (Å²) in [7, 11) is 1.58. The van der Waals surface area contributed by atoms with E-state index in [9.17, 15) is 9.59 Å². The summed E-state index contributed by atoms with van der Waals surface area (Å²) in [6.45, 7) is 5.36. The zero-order chi connectivity index (χ0) is 15.2. The Kier molecular flexibility index (Phi) is 5.55. The molecule has 0 spiro atoms. The Hall–Kier alpha value is -2.04. The molecule has 0 fully saturated rings. The number of rotatable bonds is 5. The van der Waals surface area contributed by atoms with Crippen LogP contribution in [0.2, 0.25) is 0 Å². The molecule has 0 aliphatic heterocycles. The van der Waals surface area contributed by atoms with Crippen molar-refractivity contribution in [2.45, 2.75) is 38.8 Å². The van der Waals surface area contributed by atoms with Crippen LogP contribution in [0.4, 0.5) is 4.79 Å².